The molecule has 0 saturated heterocycles. The van der Waals surface area contributed by atoms with Gasteiger partial charge in [-0.05, 0) is 35.6 Å². The molecule has 0 atom stereocenters. The molecule has 0 unspecified atom stereocenters. The predicted molar refractivity (Wildman–Crippen MR) is 129 cm³/mol. The highest BCUT2D eigenvalue weighted by molar-refractivity contribution is 7.13. The first-order valence-corrected chi connectivity index (χ1v) is 12.2. The molecule has 0 fully saturated rings. The first-order valence-electron chi connectivity index (χ1n) is 11.3. The Labute approximate surface area is 189 Å². The lowest BCUT2D eigenvalue weighted by Crippen LogP contribution is -2.00. The largest absolute Gasteiger partial charge is 0.324 e. The van der Waals surface area contributed by atoms with Gasteiger partial charge in [0.2, 0.25) is 0 Å². The van der Waals surface area contributed by atoms with Crippen LogP contribution in [-0.4, -0.2) is 14.5 Å². The number of aryl methyl sites for hydroxylation is 1. The number of unbranched alkanes of at least 4 members (excludes halogenated alkanes) is 5. The van der Waals surface area contributed by atoms with Gasteiger partial charge in [0.05, 0.1) is 16.6 Å². The van der Waals surface area contributed by atoms with Gasteiger partial charge < -0.3 is 4.57 Å². The fraction of sp³-hybridized carbons (Fsp3) is 0.308. The Bertz CT molecular complexity index is 1390. The van der Waals surface area contributed by atoms with Crippen molar-refractivity contribution in [2.24, 2.45) is 0 Å². The van der Waals surface area contributed by atoms with E-state index in [0.717, 1.165) is 59.1 Å². The Morgan fingerprint density at radius 2 is 1.62 bits per heavy atom. The van der Waals surface area contributed by atoms with Crippen LogP contribution >= 0.6 is 11.3 Å². The highest BCUT2D eigenvalue weighted by Crippen LogP contribution is 2.34. The molecule has 0 aliphatic rings. The summed E-state index contributed by atoms with van der Waals surface area (Å²) in [6.45, 7) is 3.05. The average Bonchev–Trinajstić information content (AvgIpc) is 3.42. The molecule has 6 heteroatoms. The van der Waals surface area contributed by atoms with Crippen LogP contribution in [0.3, 0.4) is 0 Å². The number of halogens is 2. The van der Waals surface area contributed by atoms with Crippen LogP contribution < -0.4 is 0 Å². The summed E-state index contributed by atoms with van der Waals surface area (Å²) >= 11 is 1.71. The standard InChI is InChI=1S/C26H25F2N3S/c1-2-3-4-5-6-7-12-31-23-14-17(24-9-8-13-32-24)10-11-18(23)25-26(31)30-22-16-20(28)19(27)15-21(22)29-25/h8-11,13-16H,2-7,12H2,1H3. The second-order valence-electron chi connectivity index (χ2n) is 8.28. The van der Waals surface area contributed by atoms with Crippen molar-refractivity contribution in [1.82, 2.24) is 14.5 Å². The highest BCUT2D eigenvalue weighted by Gasteiger charge is 2.17. The van der Waals surface area contributed by atoms with E-state index in [9.17, 15) is 8.78 Å². The van der Waals surface area contributed by atoms with E-state index in [4.69, 9.17) is 9.97 Å². The highest BCUT2D eigenvalue weighted by atomic mass is 32.1. The molecule has 3 aromatic heterocycles. The molecular weight excluding hydrogens is 424 g/mol. The van der Waals surface area contributed by atoms with E-state index >= 15 is 0 Å². The number of aromatic nitrogens is 3. The number of fused-ring (bicyclic) bond motifs is 4. The van der Waals surface area contributed by atoms with Gasteiger partial charge in [-0.15, -0.1) is 11.3 Å². The molecule has 0 aliphatic heterocycles. The molecule has 0 N–H and O–H groups in total. The molecule has 32 heavy (non-hydrogen) atoms. The lowest BCUT2D eigenvalue weighted by Gasteiger charge is -2.08. The number of hydrogen-bond acceptors (Lipinski definition) is 3. The first kappa shape index (κ1) is 21.0. The zero-order valence-electron chi connectivity index (χ0n) is 18.1. The second-order valence-corrected chi connectivity index (χ2v) is 9.23. The number of benzene rings is 2. The average molecular weight is 450 g/mol. The summed E-state index contributed by atoms with van der Waals surface area (Å²) in [5.41, 5.74) is 4.44. The molecule has 5 aromatic rings. The maximum absolute atomic E-state index is 13.9. The lowest BCUT2D eigenvalue weighted by molar-refractivity contribution is 0.510. The normalized spacial score (nSPS) is 11.8. The summed E-state index contributed by atoms with van der Waals surface area (Å²) < 4.78 is 29.9. The van der Waals surface area contributed by atoms with Gasteiger partial charge in [0.15, 0.2) is 17.3 Å². The fourth-order valence-corrected chi connectivity index (χ4v) is 5.08. The van der Waals surface area contributed by atoms with Gasteiger partial charge in [0.1, 0.15) is 5.52 Å². The fourth-order valence-electron chi connectivity index (χ4n) is 4.35. The number of rotatable bonds is 8. The van der Waals surface area contributed by atoms with Crippen molar-refractivity contribution in [2.75, 3.05) is 0 Å². The van der Waals surface area contributed by atoms with Crippen molar-refractivity contribution < 1.29 is 8.78 Å². The number of nitrogens with zero attached hydrogens (tertiary/aromatic N) is 3. The smallest absolute Gasteiger partial charge is 0.161 e. The van der Waals surface area contributed by atoms with Crippen molar-refractivity contribution in [3.05, 3.63) is 59.5 Å². The van der Waals surface area contributed by atoms with Crippen LogP contribution in [0, 0.1) is 11.6 Å². The molecule has 0 saturated carbocycles. The van der Waals surface area contributed by atoms with Crippen molar-refractivity contribution in [3.63, 3.8) is 0 Å². The van der Waals surface area contributed by atoms with Crippen molar-refractivity contribution in [3.8, 4) is 10.4 Å². The minimum atomic E-state index is -0.901. The van der Waals surface area contributed by atoms with Gasteiger partial charge in [-0.3, -0.25) is 0 Å². The summed E-state index contributed by atoms with van der Waals surface area (Å²) in [7, 11) is 0. The SMILES string of the molecule is CCCCCCCCn1c2cc(-c3cccs3)ccc2c2nc3cc(F)c(F)cc3nc21. The van der Waals surface area contributed by atoms with Gasteiger partial charge in [0.25, 0.3) is 0 Å². The first-order chi connectivity index (χ1) is 15.7. The molecule has 3 heterocycles. The molecule has 0 amide bonds. The summed E-state index contributed by atoms with van der Waals surface area (Å²) in [5.74, 6) is -1.80. The van der Waals surface area contributed by atoms with Gasteiger partial charge in [-0.1, -0.05) is 51.2 Å². The van der Waals surface area contributed by atoms with E-state index in [2.05, 4.69) is 47.2 Å². The van der Waals surface area contributed by atoms with Gasteiger partial charge >= 0.3 is 0 Å². The molecule has 0 aliphatic carbocycles. The van der Waals surface area contributed by atoms with E-state index < -0.39 is 11.6 Å². The second kappa shape index (κ2) is 8.94. The van der Waals surface area contributed by atoms with Gasteiger partial charge in [-0.25, -0.2) is 18.7 Å². The van der Waals surface area contributed by atoms with E-state index in [-0.39, 0.29) is 0 Å². The van der Waals surface area contributed by atoms with E-state index in [1.54, 1.807) is 11.3 Å². The quantitative estimate of drug-likeness (QED) is 0.224. The topological polar surface area (TPSA) is 30.7 Å². The van der Waals surface area contributed by atoms with Crippen LogP contribution in [0.2, 0.25) is 0 Å². The minimum absolute atomic E-state index is 0.373. The maximum Gasteiger partial charge on any atom is 0.161 e. The van der Waals surface area contributed by atoms with Crippen molar-refractivity contribution in [2.45, 2.75) is 52.0 Å². The van der Waals surface area contributed by atoms with E-state index in [1.807, 2.05) is 0 Å². The molecule has 0 spiro atoms. The third-order valence-corrected chi connectivity index (χ3v) is 6.95. The molecule has 164 valence electrons. The van der Waals surface area contributed by atoms with Crippen LogP contribution in [-0.2, 0) is 6.54 Å². The minimum Gasteiger partial charge on any atom is -0.324 e. The summed E-state index contributed by atoms with van der Waals surface area (Å²) in [6.07, 6.45) is 7.21. The van der Waals surface area contributed by atoms with Crippen molar-refractivity contribution in [1.29, 1.82) is 0 Å². The number of thiophene rings is 1. The Hall–Kier alpha value is -2.86. The lowest BCUT2D eigenvalue weighted by atomic mass is 10.1. The third-order valence-electron chi connectivity index (χ3n) is 6.03. The van der Waals surface area contributed by atoms with Crippen LogP contribution in [0.15, 0.2) is 47.8 Å². The Balaban J connectivity index is 1.63. The van der Waals surface area contributed by atoms with Crippen molar-refractivity contribution >= 4 is 44.4 Å². The van der Waals surface area contributed by atoms with Gasteiger partial charge in [-0.2, -0.15) is 0 Å². The molecule has 0 radical (unpaired) electrons. The molecule has 0 bridgehead atoms. The van der Waals surface area contributed by atoms with Crippen LogP contribution in [0.1, 0.15) is 45.4 Å². The Kier molecular flexibility index (Phi) is 5.87. The van der Waals surface area contributed by atoms with Gasteiger partial charge in [0, 0.05) is 28.9 Å². The number of hydrogen-bond donors (Lipinski definition) is 0. The maximum atomic E-state index is 13.9. The zero-order chi connectivity index (χ0) is 22.1. The van der Waals surface area contributed by atoms with Crippen LogP contribution in [0.4, 0.5) is 8.78 Å². The van der Waals surface area contributed by atoms with Crippen LogP contribution in [0.25, 0.3) is 43.5 Å². The zero-order valence-corrected chi connectivity index (χ0v) is 18.9. The predicted octanol–water partition coefficient (Wildman–Crippen LogP) is 8.10. The molecular formula is C26H25F2N3S. The molecule has 5 rings (SSSR count). The van der Waals surface area contributed by atoms with E-state index in [1.165, 1.54) is 30.6 Å². The third kappa shape index (κ3) is 3.88. The Morgan fingerprint density at radius 3 is 2.38 bits per heavy atom. The summed E-state index contributed by atoms with van der Waals surface area (Å²) in [4.78, 5) is 10.6. The van der Waals surface area contributed by atoms with E-state index in [0.29, 0.717) is 11.0 Å². The Morgan fingerprint density at radius 1 is 0.875 bits per heavy atom. The molecule has 2 aromatic carbocycles. The summed E-state index contributed by atoms with van der Waals surface area (Å²) in [5, 5.41) is 3.06. The molecule has 3 nitrogen and oxygen atoms in total. The summed E-state index contributed by atoms with van der Waals surface area (Å²) in [6, 6.07) is 12.8. The monoisotopic (exact) mass is 449 g/mol. The van der Waals surface area contributed by atoms with Crippen LogP contribution in [0.5, 0.6) is 0 Å².